The molecule has 0 bridgehead atoms. The average Bonchev–Trinajstić information content (AvgIpc) is 3.31. The maximum atomic E-state index is 12.5. The zero-order valence-corrected chi connectivity index (χ0v) is 18.6. The normalized spacial score (nSPS) is 10.9. The lowest BCUT2D eigenvalue weighted by Crippen LogP contribution is -2.17. The lowest BCUT2D eigenvalue weighted by atomic mass is 10.1. The van der Waals surface area contributed by atoms with E-state index in [0.29, 0.717) is 22.2 Å². The first kappa shape index (κ1) is 22.3. The Balaban J connectivity index is 1.57. The summed E-state index contributed by atoms with van der Waals surface area (Å²) in [5.74, 6) is 0.125. The van der Waals surface area contributed by atoms with Crippen LogP contribution in [-0.4, -0.2) is 37.9 Å². The van der Waals surface area contributed by atoms with Crippen LogP contribution >= 0.6 is 11.3 Å². The number of ether oxygens (including phenoxy) is 1. The fourth-order valence-corrected chi connectivity index (χ4v) is 3.69. The minimum atomic E-state index is -0.357. The predicted octanol–water partition coefficient (Wildman–Crippen LogP) is 3.54. The highest BCUT2D eigenvalue weighted by atomic mass is 32.1. The average molecular weight is 444 g/mol. The third-order valence-electron chi connectivity index (χ3n) is 4.33. The molecule has 0 saturated heterocycles. The molecule has 10 heteroatoms. The first-order valence-electron chi connectivity index (χ1n) is 9.75. The summed E-state index contributed by atoms with van der Waals surface area (Å²) in [7, 11) is 0. The van der Waals surface area contributed by atoms with Gasteiger partial charge in [-0.05, 0) is 39.3 Å². The summed E-state index contributed by atoms with van der Waals surface area (Å²) in [4.78, 5) is 29.2. The van der Waals surface area contributed by atoms with Crippen molar-refractivity contribution in [2.75, 3.05) is 10.6 Å². The second kappa shape index (κ2) is 9.61. The topological polar surface area (TPSA) is 118 Å². The molecule has 0 saturated carbocycles. The molecule has 0 aliphatic heterocycles. The number of phenols is 1. The quantitative estimate of drug-likeness (QED) is 0.456. The first-order valence-corrected chi connectivity index (χ1v) is 10.6. The molecule has 1 aromatic carbocycles. The number of phenolic OH excluding ortho intramolecular Hbond substituents is 1. The molecule has 9 nitrogen and oxygen atoms in total. The number of benzene rings is 1. The van der Waals surface area contributed by atoms with E-state index < -0.39 is 0 Å². The van der Waals surface area contributed by atoms with Crippen LogP contribution in [0.15, 0.2) is 30.6 Å². The first-order chi connectivity index (χ1) is 14.7. The molecule has 1 amide bonds. The number of esters is 1. The number of hydrogen-bond donors (Lipinski definition) is 3. The van der Waals surface area contributed by atoms with E-state index in [0.717, 1.165) is 10.4 Å². The van der Waals surface area contributed by atoms with Crippen molar-refractivity contribution in [3.63, 3.8) is 0 Å². The Labute approximate surface area is 184 Å². The van der Waals surface area contributed by atoms with Crippen molar-refractivity contribution < 1.29 is 19.4 Å². The summed E-state index contributed by atoms with van der Waals surface area (Å²) in [5.41, 5.74) is 2.13. The van der Waals surface area contributed by atoms with Gasteiger partial charge >= 0.3 is 5.97 Å². The molecule has 2 aromatic heterocycles. The highest BCUT2D eigenvalue weighted by molar-refractivity contribution is 7.15. The number of nitrogens with one attached hydrogen (secondary N) is 2. The fraction of sp³-hybridized carbons (Fsp3) is 0.333. The number of aromatic nitrogens is 3. The number of anilines is 3. The Kier molecular flexibility index (Phi) is 6.91. The predicted molar refractivity (Wildman–Crippen MR) is 119 cm³/mol. The summed E-state index contributed by atoms with van der Waals surface area (Å²) in [6.45, 7) is 7.24. The number of aryl methyl sites for hydroxylation is 1. The van der Waals surface area contributed by atoms with Crippen molar-refractivity contribution in [3.05, 3.63) is 46.6 Å². The summed E-state index contributed by atoms with van der Waals surface area (Å²) >= 11 is 1.34. The standard InChI is InChI=1S/C21H25N5O4S/c1-12(2)30-19(29)11-26-8-7-17(25-26)23-21-22-10-15(31-21)9-18(28)24-20-13(3)5-6-16(27)14(20)4/h5-8,10,12,27H,9,11H2,1-4H3,(H,24,28)(H,22,23,25). The van der Waals surface area contributed by atoms with Gasteiger partial charge in [0, 0.05) is 28.9 Å². The third kappa shape index (κ3) is 6.05. The number of amides is 1. The lowest BCUT2D eigenvalue weighted by Gasteiger charge is -2.12. The zero-order chi connectivity index (χ0) is 22.5. The second-order valence-electron chi connectivity index (χ2n) is 7.32. The second-order valence-corrected chi connectivity index (χ2v) is 8.44. The Bertz CT molecular complexity index is 1090. The van der Waals surface area contributed by atoms with Gasteiger partial charge < -0.3 is 20.5 Å². The smallest absolute Gasteiger partial charge is 0.328 e. The number of nitrogens with zero attached hydrogens (tertiary/aromatic N) is 3. The Morgan fingerprint density at radius 3 is 2.77 bits per heavy atom. The summed E-state index contributed by atoms with van der Waals surface area (Å²) in [6.07, 6.45) is 3.29. The SMILES string of the molecule is Cc1ccc(O)c(C)c1NC(=O)Cc1cnc(Nc2ccn(CC(=O)OC(C)C)n2)s1. The molecule has 0 spiro atoms. The monoisotopic (exact) mass is 443 g/mol. The van der Waals surface area contributed by atoms with Gasteiger partial charge in [0.1, 0.15) is 12.3 Å². The number of rotatable bonds is 8. The number of carbonyl (C=O) groups excluding carboxylic acids is 2. The van der Waals surface area contributed by atoms with Gasteiger partial charge in [0.2, 0.25) is 5.91 Å². The fourth-order valence-electron chi connectivity index (χ4n) is 2.88. The van der Waals surface area contributed by atoms with Gasteiger partial charge in [-0.1, -0.05) is 6.07 Å². The maximum absolute atomic E-state index is 12.5. The molecule has 164 valence electrons. The third-order valence-corrected chi connectivity index (χ3v) is 5.24. The Morgan fingerprint density at radius 1 is 1.26 bits per heavy atom. The highest BCUT2D eigenvalue weighted by Gasteiger charge is 2.13. The number of hydrogen-bond acceptors (Lipinski definition) is 8. The summed E-state index contributed by atoms with van der Waals surface area (Å²) in [5, 5.41) is 20.6. The molecule has 0 radical (unpaired) electrons. The van der Waals surface area contributed by atoms with Crippen LogP contribution in [0.5, 0.6) is 5.75 Å². The van der Waals surface area contributed by atoms with Crippen LogP contribution in [0.3, 0.4) is 0 Å². The summed E-state index contributed by atoms with van der Waals surface area (Å²) < 4.78 is 6.58. The number of thiazole rings is 1. The molecular weight excluding hydrogens is 418 g/mol. The molecule has 0 aliphatic carbocycles. The van der Waals surface area contributed by atoms with Crippen LogP contribution < -0.4 is 10.6 Å². The van der Waals surface area contributed by atoms with Gasteiger partial charge in [0.05, 0.1) is 18.2 Å². The van der Waals surface area contributed by atoms with Gasteiger partial charge in [-0.25, -0.2) is 4.98 Å². The van der Waals surface area contributed by atoms with Gasteiger partial charge in [-0.2, -0.15) is 5.10 Å². The van der Waals surface area contributed by atoms with E-state index in [4.69, 9.17) is 4.74 Å². The van der Waals surface area contributed by atoms with Crippen LogP contribution in [0.1, 0.15) is 29.9 Å². The van der Waals surface area contributed by atoms with Crippen molar-refractivity contribution in [1.82, 2.24) is 14.8 Å². The zero-order valence-electron chi connectivity index (χ0n) is 17.8. The highest BCUT2D eigenvalue weighted by Crippen LogP contribution is 2.28. The van der Waals surface area contributed by atoms with Crippen molar-refractivity contribution in [1.29, 1.82) is 0 Å². The molecule has 3 N–H and O–H groups in total. The van der Waals surface area contributed by atoms with E-state index in [1.54, 1.807) is 51.4 Å². The molecule has 3 rings (SSSR count). The van der Waals surface area contributed by atoms with Gasteiger partial charge in [-0.15, -0.1) is 11.3 Å². The molecular formula is C21H25N5O4S. The van der Waals surface area contributed by atoms with Crippen molar-refractivity contribution in [3.8, 4) is 5.75 Å². The minimum absolute atomic E-state index is 0.0248. The molecule has 0 unspecified atom stereocenters. The van der Waals surface area contributed by atoms with Crippen LogP contribution in [0.4, 0.5) is 16.6 Å². The van der Waals surface area contributed by atoms with Gasteiger partial charge in [-0.3, -0.25) is 14.3 Å². The van der Waals surface area contributed by atoms with E-state index >= 15 is 0 Å². The van der Waals surface area contributed by atoms with Crippen molar-refractivity contribution in [2.45, 2.75) is 46.8 Å². The van der Waals surface area contributed by atoms with Crippen LogP contribution in [0.2, 0.25) is 0 Å². The van der Waals surface area contributed by atoms with E-state index in [1.165, 1.54) is 16.0 Å². The minimum Gasteiger partial charge on any atom is -0.508 e. The summed E-state index contributed by atoms with van der Waals surface area (Å²) in [6, 6.07) is 5.09. The molecule has 2 heterocycles. The molecule has 0 aliphatic rings. The Morgan fingerprint density at radius 2 is 2.03 bits per heavy atom. The van der Waals surface area contributed by atoms with E-state index in [-0.39, 0.29) is 36.7 Å². The van der Waals surface area contributed by atoms with E-state index in [1.807, 2.05) is 6.92 Å². The number of carbonyl (C=O) groups is 2. The lowest BCUT2D eigenvalue weighted by molar-refractivity contribution is -0.148. The van der Waals surface area contributed by atoms with Crippen molar-refractivity contribution in [2.24, 2.45) is 0 Å². The largest absolute Gasteiger partial charge is 0.508 e. The van der Waals surface area contributed by atoms with Crippen LogP contribution in [-0.2, 0) is 27.3 Å². The van der Waals surface area contributed by atoms with E-state index in [2.05, 4.69) is 20.7 Å². The van der Waals surface area contributed by atoms with Crippen LogP contribution in [0, 0.1) is 13.8 Å². The Hall–Kier alpha value is -3.40. The van der Waals surface area contributed by atoms with E-state index in [9.17, 15) is 14.7 Å². The van der Waals surface area contributed by atoms with Gasteiger partial charge in [0.25, 0.3) is 0 Å². The van der Waals surface area contributed by atoms with Crippen LogP contribution in [0.25, 0.3) is 0 Å². The number of aromatic hydroxyl groups is 1. The van der Waals surface area contributed by atoms with Gasteiger partial charge in [0.15, 0.2) is 10.9 Å². The molecule has 31 heavy (non-hydrogen) atoms. The molecule has 0 fully saturated rings. The molecule has 0 atom stereocenters. The maximum Gasteiger partial charge on any atom is 0.328 e. The van der Waals surface area contributed by atoms with Crippen molar-refractivity contribution >= 4 is 39.9 Å². The molecule has 3 aromatic rings.